The molecule has 0 saturated carbocycles. The monoisotopic (exact) mass is 301 g/mol. The van der Waals surface area contributed by atoms with Gasteiger partial charge in [-0.25, -0.2) is 8.42 Å². The number of hydrogen-bond donors (Lipinski definition) is 1. The molecule has 0 aliphatic heterocycles. The molecule has 114 valence electrons. The fourth-order valence-electron chi connectivity index (χ4n) is 1.88. The molecule has 0 fully saturated rings. The van der Waals surface area contributed by atoms with Crippen LogP contribution >= 0.6 is 0 Å². The average Bonchev–Trinajstić information content (AvgIpc) is 2.46. The Bertz CT molecular complexity index is 519. The Hall–Kier alpha value is -1.18. The topological polar surface area (TPSA) is 71.5 Å². The van der Waals surface area contributed by atoms with Crippen LogP contribution in [0.5, 0.6) is 0 Å². The smallest absolute Gasteiger partial charge is 0.246 e. The van der Waals surface area contributed by atoms with Gasteiger partial charge in [-0.1, -0.05) is 6.92 Å². The molecule has 0 aliphatic carbocycles. The first-order valence-electron chi connectivity index (χ1n) is 6.61. The van der Waals surface area contributed by atoms with Crippen molar-refractivity contribution >= 4 is 15.7 Å². The summed E-state index contributed by atoms with van der Waals surface area (Å²) in [4.78, 5) is 4.12. The van der Waals surface area contributed by atoms with E-state index in [1.54, 1.807) is 26.4 Å². The zero-order chi connectivity index (χ0) is 15.2. The molecule has 1 atom stereocenters. The van der Waals surface area contributed by atoms with Crippen LogP contribution < -0.4 is 5.32 Å². The predicted molar refractivity (Wildman–Crippen MR) is 79.3 cm³/mol. The molecular formula is C13H23N3O3S. The number of sulfonamides is 1. The largest absolute Gasteiger partial charge is 0.387 e. The summed E-state index contributed by atoms with van der Waals surface area (Å²) in [5.74, 6) is 0. The number of anilines is 1. The molecule has 1 N–H and O–H groups in total. The second-order valence-electron chi connectivity index (χ2n) is 4.49. The van der Waals surface area contributed by atoms with Crippen LogP contribution in [-0.2, 0) is 14.8 Å². The lowest BCUT2D eigenvalue weighted by Crippen LogP contribution is -2.40. The standard InChI is InChI=1S/C13H23N3O3S/c1-5-11(2)16(8-9-19-4)20(17,18)13-10-15-7-6-12(13)14-3/h6-7,10-11H,5,8-9H2,1-4H3,(H,14,15). The van der Waals surface area contributed by atoms with E-state index in [2.05, 4.69) is 10.3 Å². The average molecular weight is 301 g/mol. The minimum Gasteiger partial charge on any atom is -0.387 e. The highest BCUT2D eigenvalue weighted by Crippen LogP contribution is 2.25. The van der Waals surface area contributed by atoms with E-state index in [4.69, 9.17) is 4.74 Å². The molecule has 1 aromatic heterocycles. The van der Waals surface area contributed by atoms with Gasteiger partial charge >= 0.3 is 0 Å². The summed E-state index contributed by atoms with van der Waals surface area (Å²) in [7, 11) is -0.347. The number of hydrogen-bond acceptors (Lipinski definition) is 5. The van der Waals surface area contributed by atoms with Crippen LogP contribution in [0.15, 0.2) is 23.4 Å². The molecule has 6 nitrogen and oxygen atoms in total. The lowest BCUT2D eigenvalue weighted by atomic mass is 10.3. The number of rotatable bonds is 8. The van der Waals surface area contributed by atoms with Crippen LogP contribution in [0.3, 0.4) is 0 Å². The van der Waals surface area contributed by atoms with Gasteiger partial charge in [0, 0.05) is 39.1 Å². The van der Waals surface area contributed by atoms with Gasteiger partial charge < -0.3 is 10.1 Å². The van der Waals surface area contributed by atoms with Crippen molar-refractivity contribution in [2.24, 2.45) is 0 Å². The quantitative estimate of drug-likeness (QED) is 0.789. The Morgan fingerprint density at radius 3 is 2.75 bits per heavy atom. The summed E-state index contributed by atoms with van der Waals surface area (Å²) in [6.45, 7) is 4.54. The van der Waals surface area contributed by atoms with Crippen LogP contribution in [-0.4, -0.2) is 51.1 Å². The van der Waals surface area contributed by atoms with Crippen molar-refractivity contribution in [3.05, 3.63) is 18.5 Å². The van der Waals surface area contributed by atoms with Gasteiger partial charge in [0.25, 0.3) is 0 Å². The van der Waals surface area contributed by atoms with E-state index in [9.17, 15) is 8.42 Å². The maximum atomic E-state index is 12.8. The second-order valence-corrected chi connectivity index (χ2v) is 6.35. The van der Waals surface area contributed by atoms with Crippen molar-refractivity contribution in [1.29, 1.82) is 0 Å². The first-order chi connectivity index (χ1) is 9.48. The third-order valence-corrected chi connectivity index (χ3v) is 5.28. The first-order valence-corrected chi connectivity index (χ1v) is 8.05. The minimum absolute atomic E-state index is 0.0972. The van der Waals surface area contributed by atoms with Crippen LogP contribution in [0.2, 0.25) is 0 Å². The maximum absolute atomic E-state index is 12.8. The maximum Gasteiger partial charge on any atom is 0.246 e. The van der Waals surface area contributed by atoms with Crippen molar-refractivity contribution in [2.45, 2.75) is 31.2 Å². The Morgan fingerprint density at radius 1 is 1.50 bits per heavy atom. The molecule has 0 radical (unpaired) electrons. The lowest BCUT2D eigenvalue weighted by Gasteiger charge is -2.28. The number of pyridine rings is 1. The van der Waals surface area contributed by atoms with Gasteiger partial charge in [-0.15, -0.1) is 0 Å². The normalized spacial score (nSPS) is 13.4. The highest BCUT2D eigenvalue weighted by atomic mass is 32.2. The summed E-state index contributed by atoms with van der Waals surface area (Å²) in [5.41, 5.74) is 0.547. The van der Waals surface area contributed by atoms with E-state index in [1.807, 2.05) is 13.8 Å². The molecule has 0 bridgehead atoms. The van der Waals surface area contributed by atoms with Crippen molar-refractivity contribution in [1.82, 2.24) is 9.29 Å². The molecule has 1 unspecified atom stereocenters. The fraction of sp³-hybridized carbons (Fsp3) is 0.615. The number of ether oxygens (including phenoxy) is 1. The van der Waals surface area contributed by atoms with Gasteiger partial charge in [0.2, 0.25) is 10.0 Å². The fourth-order valence-corrected chi connectivity index (χ4v) is 3.71. The van der Waals surface area contributed by atoms with E-state index in [0.717, 1.165) is 6.42 Å². The zero-order valence-electron chi connectivity index (χ0n) is 12.5. The molecule has 1 rings (SSSR count). The predicted octanol–water partition coefficient (Wildman–Crippen LogP) is 1.56. The summed E-state index contributed by atoms with van der Waals surface area (Å²) < 4.78 is 32.1. The van der Waals surface area contributed by atoms with E-state index < -0.39 is 10.0 Å². The number of nitrogens with zero attached hydrogens (tertiary/aromatic N) is 2. The molecular weight excluding hydrogens is 278 g/mol. The number of methoxy groups -OCH3 is 1. The Balaban J connectivity index is 3.21. The van der Waals surface area contributed by atoms with Crippen molar-refractivity contribution in [3.8, 4) is 0 Å². The third kappa shape index (κ3) is 3.68. The summed E-state index contributed by atoms with van der Waals surface area (Å²) >= 11 is 0. The number of nitrogens with one attached hydrogen (secondary N) is 1. The molecule has 0 spiro atoms. The molecule has 7 heteroatoms. The Labute approximate surface area is 121 Å². The van der Waals surface area contributed by atoms with Gasteiger partial charge in [-0.3, -0.25) is 4.98 Å². The summed E-state index contributed by atoms with van der Waals surface area (Å²) in [6.07, 6.45) is 3.68. The molecule has 0 aromatic carbocycles. The molecule has 0 amide bonds. The van der Waals surface area contributed by atoms with Gasteiger partial charge in [0.15, 0.2) is 0 Å². The van der Waals surface area contributed by atoms with E-state index >= 15 is 0 Å². The minimum atomic E-state index is -3.60. The molecule has 0 aliphatic rings. The number of aromatic nitrogens is 1. The van der Waals surface area contributed by atoms with Crippen molar-refractivity contribution in [2.75, 3.05) is 32.6 Å². The molecule has 20 heavy (non-hydrogen) atoms. The van der Waals surface area contributed by atoms with E-state index in [0.29, 0.717) is 18.8 Å². The van der Waals surface area contributed by atoms with Crippen LogP contribution in [0.1, 0.15) is 20.3 Å². The first kappa shape index (κ1) is 16.9. The summed E-state index contributed by atoms with van der Waals surface area (Å²) in [5, 5.41) is 2.89. The highest BCUT2D eigenvalue weighted by molar-refractivity contribution is 7.89. The third-order valence-electron chi connectivity index (χ3n) is 3.24. The van der Waals surface area contributed by atoms with Crippen molar-refractivity contribution < 1.29 is 13.2 Å². The lowest BCUT2D eigenvalue weighted by molar-refractivity contribution is 0.167. The van der Waals surface area contributed by atoms with Gasteiger partial charge in [-0.05, 0) is 19.4 Å². The Morgan fingerprint density at radius 2 is 2.20 bits per heavy atom. The van der Waals surface area contributed by atoms with Crippen molar-refractivity contribution in [3.63, 3.8) is 0 Å². The highest BCUT2D eigenvalue weighted by Gasteiger charge is 2.30. The van der Waals surface area contributed by atoms with Crippen LogP contribution in [0.4, 0.5) is 5.69 Å². The Kier molecular flexibility index (Phi) is 6.38. The molecule has 1 heterocycles. The molecule has 1 aromatic rings. The van der Waals surface area contributed by atoms with Gasteiger partial charge in [0.05, 0.1) is 12.3 Å². The SMILES string of the molecule is CCC(C)N(CCOC)S(=O)(=O)c1cnccc1NC. The van der Waals surface area contributed by atoms with E-state index in [-0.39, 0.29) is 10.9 Å². The van der Waals surface area contributed by atoms with E-state index in [1.165, 1.54) is 10.5 Å². The van der Waals surface area contributed by atoms with Gasteiger partial charge in [-0.2, -0.15) is 4.31 Å². The van der Waals surface area contributed by atoms with Crippen LogP contribution in [0, 0.1) is 0 Å². The zero-order valence-corrected chi connectivity index (χ0v) is 13.3. The van der Waals surface area contributed by atoms with Gasteiger partial charge in [0.1, 0.15) is 4.90 Å². The molecule has 0 saturated heterocycles. The second kappa shape index (κ2) is 7.56. The summed E-state index contributed by atoms with van der Waals surface area (Å²) in [6, 6.07) is 1.55. The van der Waals surface area contributed by atoms with Crippen LogP contribution in [0.25, 0.3) is 0 Å².